The molecule has 122 valence electrons. The Kier molecular flexibility index (Phi) is 5.48. The number of aliphatic imine (C=N–C) groups is 1. The molecule has 2 rings (SSSR count). The highest BCUT2D eigenvalue weighted by Crippen LogP contribution is 2.45. The largest absolute Gasteiger partial charge is 0.355 e. The summed E-state index contributed by atoms with van der Waals surface area (Å²) in [6, 6.07) is 0. The zero-order chi connectivity index (χ0) is 15.3. The van der Waals surface area contributed by atoms with Crippen LogP contribution in [0.15, 0.2) is 4.99 Å². The quantitative estimate of drug-likeness (QED) is 0.446. The molecule has 1 aliphatic heterocycles. The molecule has 0 bridgehead atoms. The first-order valence-corrected chi connectivity index (χ1v) is 9.58. The molecule has 21 heavy (non-hydrogen) atoms. The molecule has 7 heteroatoms. The fraction of sp³-hybridized carbons (Fsp3) is 0.929. The summed E-state index contributed by atoms with van der Waals surface area (Å²) in [6.45, 7) is 4.75. The Morgan fingerprint density at radius 3 is 2.57 bits per heavy atom. The zero-order valence-electron chi connectivity index (χ0n) is 13.2. The van der Waals surface area contributed by atoms with Gasteiger partial charge in [-0.1, -0.05) is 12.8 Å². The Morgan fingerprint density at radius 1 is 1.24 bits per heavy atom. The second-order valence-corrected chi connectivity index (χ2v) is 8.25. The van der Waals surface area contributed by atoms with Crippen LogP contribution in [0.3, 0.4) is 0 Å². The number of hydrogen-bond donors (Lipinski definition) is 2. The van der Waals surface area contributed by atoms with Gasteiger partial charge in [-0.15, -0.1) is 0 Å². The second kappa shape index (κ2) is 6.96. The number of nitrogens with zero attached hydrogens (tertiary/aromatic N) is 2. The third-order valence-corrected chi connectivity index (χ3v) is 6.13. The van der Waals surface area contributed by atoms with Gasteiger partial charge in [-0.05, 0) is 31.6 Å². The van der Waals surface area contributed by atoms with Gasteiger partial charge in [-0.2, -0.15) is 0 Å². The Bertz CT molecular complexity index is 469. The van der Waals surface area contributed by atoms with Crippen molar-refractivity contribution in [2.24, 2.45) is 10.4 Å². The Balaban J connectivity index is 1.77. The van der Waals surface area contributed by atoms with Crippen molar-refractivity contribution >= 4 is 16.0 Å². The topological polar surface area (TPSA) is 73.8 Å². The number of hydrogen-bond acceptors (Lipinski definition) is 3. The molecule has 0 atom stereocenters. The van der Waals surface area contributed by atoms with E-state index in [4.69, 9.17) is 0 Å². The fourth-order valence-electron chi connectivity index (χ4n) is 3.46. The smallest absolute Gasteiger partial charge is 0.211 e. The van der Waals surface area contributed by atoms with Gasteiger partial charge in [0.2, 0.25) is 10.0 Å². The standard InChI is InChI=1S/C14H28N4O2S/c1-3-21(19,20)17-10-9-16-13(15-2)18-11-8-14(12-18)6-4-5-7-14/h17H,3-12H2,1-2H3,(H,15,16). The van der Waals surface area contributed by atoms with E-state index in [-0.39, 0.29) is 5.75 Å². The molecule has 0 aromatic carbocycles. The first kappa shape index (κ1) is 16.5. The number of sulfonamides is 1. The van der Waals surface area contributed by atoms with Gasteiger partial charge in [-0.3, -0.25) is 4.99 Å². The van der Waals surface area contributed by atoms with Crippen LogP contribution in [0.1, 0.15) is 39.0 Å². The van der Waals surface area contributed by atoms with Crippen molar-refractivity contribution in [2.45, 2.75) is 39.0 Å². The minimum absolute atomic E-state index is 0.121. The van der Waals surface area contributed by atoms with Crippen molar-refractivity contribution < 1.29 is 8.42 Å². The molecule has 1 spiro atoms. The van der Waals surface area contributed by atoms with Crippen LogP contribution in [0.25, 0.3) is 0 Å². The van der Waals surface area contributed by atoms with Gasteiger partial charge in [-0.25, -0.2) is 13.1 Å². The summed E-state index contributed by atoms with van der Waals surface area (Å²) >= 11 is 0. The average Bonchev–Trinajstić information content (AvgIpc) is 3.10. The zero-order valence-corrected chi connectivity index (χ0v) is 14.0. The van der Waals surface area contributed by atoms with E-state index in [1.165, 1.54) is 32.1 Å². The van der Waals surface area contributed by atoms with E-state index in [2.05, 4.69) is 19.9 Å². The summed E-state index contributed by atoms with van der Waals surface area (Å²) in [7, 11) is -1.32. The predicted octanol–water partition coefficient (Wildman–Crippen LogP) is 0.767. The van der Waals surface area contributed by atoms with Crippen LogP contribution in [0.4, 0.5) is 0 Å². The first-order chi connectivity index (χ1) is 10.0. The molecule has 1 saturated heterocycles. The summed E-state index contributed by atoms with van der Waals surface area (Å²) in [5.41, 5.74) is 0.515. The van der Waals surface area contributed by atoms with Crippen LogP contribution in [0.5, 0.6) is 0 Å². The van der Waals surface area contributed by atoms with Gasteiger partial charge in [0.15, 0.2) is 5.96 Å². The maximum Gasteiger partial charge on any atom is 0.211 e. The van der Waals surface area contributed by atoms with Crippen molar-refractivity contribution in [3.8, 4) is 0 Å². The minimum Gasteiger partial charge on any atom is -0.355 e. The summed E-state index contributed by atoms with van der Waals surface area (Å²) in [5, 5.41) is 3.26. The lowest BCUT2D eigenvalue weighted by Gasteiger charge is -2.25. The van der Waals surface area contributed by atoms with E-state index in [1.807, 2.05) is 0 Å². The molecule has 0 aromatic heterocycles. The molecule has 1 saturated carbocycles. The van der Waals surface area contributed by atoms with Crippen LogP contribution >= 0.6 is 0 Å². The predicted molar refractivity (Wildman–Crippen MR) is 85.9 cm³/mol. The maximum atomic E-state index is 11.4. The summed E-state index contributed by atoms with van der Waals surface area (Å²) in [5.74, 6) is 1.02. The van der Waals surface area contributed by atoms with E-state index in [0.717, 1.165) is 19.0 Å². The third-order valence-electron chi connectivity index (χ3n) is 4.72. The van der Waals surface area contributed by atoms with Crippen molar-refractivity contribution in [1.82, 2.24) is 14.9 Å². The average molecular weight is 316 g/mol. The lowest BCUT2D eigenvalue weighted by atomic mass is 9.86. The van der Waals surface area contributed by atoms with Gasteiger partial charge < -0.3 is 10.2 Å². The van der Waals surface area contributed by atoms with Gasteiger partial charge in [0.25, 0.3) is 0 Å². The van der Waals surface area contributed by atoms with Crippen LogP contribution in [-0.2, 0) is 10.0 Å². The molecule has 1 heterocycles. The van der Waals surface area contributed by atoms with E-state index in [0.29, 0.717) is 18.5 Å². The minimum atomic E-state index is -3.10. The van der Waals surface area contributed by atoms with Gasteiger partial charge in [0.1, 0.15) is 0 Å². The lowest BCUT2D eigenvalue weighted by molar-refractivity contribution is 0.309. The second-order valence-electron chi connectivity index (χ2n) is 6.15. The van der Waals surface area contributed by atoms with Crippen LogP contribution < -0.4 is 10.0 Å². The first-order valence-electron chi connectivity index (χ1n) is 7.93. The highest BCUT2D eigenvalue weighted by molar-refractivity contribution is 7.89. The number of rotatable bonds is 5. The molecule has 6 nitrogen and oxygen atoms in total. The van der Waals surface area contributed by atoms with Gasteiger partial charge in [0.05, 0.1) is 5.75 Å². The monoisotopic (exact) mass is 316 g/mol. The fourth-order valence-corrected chi connectivity index (χ4v) is 4.08. The summed E-state index contributed by atoms with van der Waals surface area (Å²) in [6.07, 6.45) is 6.67. The molecule has 2 aliphatic rings. The summed E-state index contributed by atoms with van der Waals surface area (Å²) in [4.78, 5) is 6.65. The van der Waals surface area contributed by atoms with Crippen LogP contribution in [0, 0.1) is 5.41 Å². The van der Waals surface area contributed by atoms with E-state index in [1.54, 1.807) is 14.0 Å². The van der Waals surface area contributed by atoms with Crippen molar-refractivity contribution in [3.05, 3.63) is 0 Å². The Hall–Kier alpha value is -0.820. The van der Waals surface area contributed by atoms with Crippen molar-refractivity contribution in [1.29, 1.82) is 0 Å². The lowest BCUT2D eigenvalue weighted by Crippen LogP contribution is -2.44. The third kappa shape index (κ3) is 4.32. The number of likely N-dealkylation sites (tertiary alicyclic amines) is 1. The maximum absolute atomic E-state index is 11.4. The van der Waals surface area contributed by atoms with Crippen molar-refractivity contribution in [3.63, 3.8) is 0 Å². The highest BCUT2D eigenvalue weighted by Gasteiger charge is 2.40. The van der Waals surface area contributed by atoms with E-state index in [9.17, 15) is 8.42 Å². The SMILES string of the molecule is CCS(=O)(=O)NCCNC(=NC)N1CCC2(CCCC2)C1. The molecule has 1 aliphatic carbocycles. The molecule has 0 radical (unpaired) electrons. The van der Waals surface area contributed by atoms with Gasteiger partial charge in [0, 0.05) is 33.2 Å². The molecule has 2 fully saturated rings. The van der Waals surface area contributed by atoms with Gasteiger partial charge >= 0.3 is 0 Å². The number of guanidine groups is 1. The van der Waals surface area contributed by atoms with Crippen molar-refractivity contribution in [2.75, 3.05) is 39.0 Å². The molecule has 0 unspecified atom stereocenters. The van der Waals surface area contributed by atoms with Crippen LogP contribution in [-0.4, -0.2) is 58.3 Å². The van der Waals surface area contributed by atoms with Crippen LogP contribution in [0.2, 0.25) is 0 Å². The summed E-state index contributed by atoms with van der Waals surface area (Å²) < 4.78 is 25.3. The molecular weight excluding hydrogens is 288 g/mol. The normalized spacial score (nSPS) is 22.2. The molecular formula is C14H28N4O2S. The van der Waals surface area contributed by atoms with E-state index >= 15 is 0 Å². The number of nitrogens with one attached hydrogen (secondary N) is 2. The highest BCUT2D eigenvalue weighted by atomic mass is 32.2. The Morgan fingerprint density at radius 2 is 1.95 bits per heavy atom. The molecule has 0 aromatic rings. The molecule has 2 N–H and O–H groups in total. The molecule has 0 amide bonds. The van der Waals surface area contributed by atoms with E-state index < -0.39 is 10.0 Å². The Labute approximate surface area is 128 Å².